The van der Waals surface area contributed by atoms with Gasteiger partial charge in [-0.3, -0.25) is 9.59 Å². The van der Waals surface area contributed by atoms with Gasteiger partial charge in [-0.15, -0.1) is 0 Å². The molecule has 1 aliphatic heterocycles. The van der Waals surface area contributed by atoms with Crippen LogP contribution in [0.2, 0.25) is 0 Å². The number of halogens is 1. The molecule has 230 valence electrons. The number of para-hydroxylation sites is 1. The molecule has 0 aliphatic carbocycles. The van der Waals surface area contributed by atoms with E-state index < -0.39 is 18.0 Å². The smallest absolute Gasteiger partial charge is 0.304 e. The predicted octanol–water partition coefficient (Wildman–Crippen LogP) is 8.16. The molecule has 2 unspecified atom stereocenters. The second-order valence-corrected chi connectivity index (χ2v) is 11.8. The number of carbonyl (C=O) groups excluding carboxylic acids is 2. The third kappa shape index (κ3) is 7.09. The van der Waals surface area contributed by atoms with Gasteiger partial charge < -0.3 is 24.1 Å². The lowest BCUT2D eigenvalue weighted by molar-refractivity contribution is -0.343. The molecule has 1 N–H and O–H groups in total. The topological polar surface area (TPSA) is 78.8 Å². The van der Waals surface area contributed by atoms with Gasteiger partial charge in [0.2, 0.25) is 6.29 Å². The van der Waals surface area contributed by atoms with Crippen LogP contribution >= 0.6 is 0 Å². The average molecular weight is 599 g/mol. The molecule has 5 rings (SSSR count). The molecule has 2 atom stereocenters. The Bertz CT molecular complexity index is 1600. The predicted molar refractivity (Wildman–Crippen MR) is 169 cm³/mol. The number of ether oxygens (including phenoxy) is 3. The van der Waals surface area contributed by atoms with E-state index in [-0.39, 0.29) is 23.7 Å². The first-order valence-corrected chi connectivity index (χ1v) is 15.0. The molecule has 1 aromatic heterocycles. The number of benzene rings is 3. The highest BCUT2D eigenvalue weighted by Crippen LogP contribution is 2.43. The minimum Gasteiger partial charge on any atom is -0.436 e. The van der Waals surface area contributed by atoms with E-state index in [0.717, 1.165) is 28.1 Å². The minimum absolute atomic E-state index is 0.0379. The number of carbonyl (C=O) groups is 2. The summed E-state index contributed by atoms with van der Waals surface area (Å²) < 4.78 is 33.8. The second kappa shape index (κ2) is 13.2. The Kier molecular flexibility index (Phi) is 9.32. The molecule has 8 heteroatoms. The largest absolute Gasteiger partial charge is 0.436 e. The van der Waals surface area contributed by atoms with Crippen LogP contribution < -0.4 is 5.32 Å². The molecule has 0 bridgehead atoms. The van der Waals surface area contributed by atoms with Gasteiger partial charge in [0, 0.05) is 36.8 Å². The van der Waals surface area contributed by atoms with Crippen LogP contribution in [0.4, 0.5) is 10.1 Å². The third-order valence-electron chi connectivity index (χ3n) is 7.58. The Morgan fingerprint density at radius 1 is 0.955 bits per heavy atom. The van der Waals surface area contributed by atoms with Crippen molar-refractivity contribution >= 4 is 17.6 Å². The summed E-state index contributed by atoms with van der Waals surface area (Å²) >= 11 is 0. The maximum Gasteiger partial charge on any atom is 0.304 e. The van der Waals surface area contributed by atoms with Crippen LogP contribution in [0.15, 0.2) is 84.9 Å². The molecule has 1 saturated heterocycles. The van der Waals surface area contributed by atoms with Crippen molar-refractivity contribution < 1.29 is 28.2 Å². The molecular formula is C36H39FN2O5. The Balaban J connectivity index is 1.66. The van der Waals surface area contributed by atoms with Crippen LogP contribution in [0.3, 0.4) is 0 Å². The van der Waals surface area contributed by atoms with E-state index in [0.29, 0.717) is 30.6 Å². The fourth-order valence-electron chi connectivity index (χ4n) is 5.97. The van der Waals surface area contributed by atoms with Gasteiger partial charge in [-0.2, -0.15) is 0 Å². The Morgan fingerprint density at radius 3 is 2.20 bits per heavy atom. The first-order valence-electron chi connectivity index (χ1n) is 15.0. The Hall–Kier alpha value is -4.27. The van der Waals surface area contributed by atoms with Crippen LogP contribution in [0.5, 0.6) is 0 Å². The van der Waals surface area contributed by atoms with Gasteiger partial charge in [0.05, 0.1) is 17.4 Å². The van der Waals surface area contributed by atoms with E-state index in [1.165, 1.54) is 19.1 Å². The van der Waals surface area contributed by atoms with E-state index in [9.17, 15) is 14.0 Å². The number of hydrogen-bond acceptors (Lipinski definition) is 5. The van der Waals surface area contributed by atoms with Crippen molar-refractivity contribution in [3.63, 3.8) is 0 Å². The number of nitrogens with zero attached hydrogens (tertiary/aromatic N) is 1. The first-order chi connectivity index (χ1) is 21.0. The maximum absolute atomic E-state index is 14.2. The second-order valence-electron chi connectivity index (χ2n) is 11.8. The van der Waals surface area contributed by atoms with Crippen LogP contribution in [0.25, 0.3) is 22.4 Å². The van der Waals surface area contributed by atoms with Crippen LogP contribution in [0.1, 0.15) is 69.4 Å². The molecule has 0 spiro atoms. The van der Waals surface area contributed by atoms with Crippen molar-refractivity contribution in [2.24, 2.45) is 0 Å². The van der Waals surface area contributed by atoms with Crippen molar-refractivity contribution in [3.8, 4) is 22.4 Å². The molecule has 44 heavy (non-hydrogen) atoms. The number of rotatable bonds is 9. The molecule has 0 radical (unpaired) electrons. The summed E-state index contributed by atoms with van der Waals surface area (Å²) in [6.07, 6.45) is -0.0752. The van der Waals surface area contributed by atoms with E-state index in [1.807, 2.05) is 60.7 Å². The van der Waals surface area contributed by atoms with Crippen LogP contribution in [-0.2, 0) is 25.5 Å². The molecule has 7 nitrogen and oxygen atoms in total. The van der Waals surface area contributed by atoms with Crippen molar-refractivity contribution in [2.75, 3.05) is 5.32 Å². The normalized spacial score (nSPS) is 17.8. The summed E-state index contributed by atoms with van der Waals surface area (Å²) in [6.45, 7) is 9.59. The minimum atomic E-state index is -0.948. The molecule has 4 aromatic rings. The third-order valence-corrected chi connectivity index (χ3v) is 7.58. The van der Waals surface area contributed by atoms with E-state index in [2.05, 4.69) is 23.7 Å². The maximum atomic E-state index is 14.2. The van der Waals surface area contributed by atoms with Gasteiger partial charge in [0.1, 0.15) is 5.82 Å². The van der Waals surface area contributed by atoms with Crippen LogP contribution in [0, 0.1) is 5.82 Å². The van der Waals surface area contributed by atoms with Gasteiger partial charge in [-0.25, -0.2) is 4.39 Å². The van der Waals surface area contributed by atoms with E-state index >= 15 is 0 Å². The van der Waals surface area contributed by atoms with E-state index in [4.69, 9.17) is 14.2 Å². The Morgan fingerprint density at radius 2 is 1.59 bits per heavy atom. The summed E-state index contributed by atoms with van der Waals surface area (Å²) in [5, 5.41) is 3.10. The lowest BCUT2D eigenvalue weighted by atomic mass is 9.94. The number of anilines is 1. The molecule has 1 aliphatic rings. The molecule has 0 saturated carbocycles. The lowest BCUT2D eigenvalue weighted by Crippen LogP contribution is -2.46. The highest BCUT2D eigenvalue weighted by atomic mass is 19.1. The lowest BCUT2D eigenvalue weighted by Gasteiger charge is -2.40. The first kappa shape index (κ1) is 31.2. The molecule has 2 heterocycles. The van der Waals surface area contributed by atoms with Gasteiger partial charge in [0.15, 0.2) is 5.79 Å². The fraction of sp³-hybridized carbons (Fsp3) is 0.333. The highest BCUT2D eigenvalue weighted by Gasteiger charge is 2.38. The fourth-order valence-corrected chi connectivity index (χ4v) is 5.97. The highest BCUT2D eigenvalue weighted by molar-refractivity contribution is 6.12. The molecule has 3 aromatic carbocycles. The average Bonchev–Trinajstić information content (AvgIpc) is 3.32. The summed E-state index contributed by atoms with van der Waals surface area (Å²) in [6, 6.07) is 25.6. The number of esters is 1. The van der Waals surface area contributed by atoms with Crippen molar-refractivity contribution in [1.29, 1.82) is 0 Å². The van der Waals surface area contributed by atoms with Crippen molar-refractivity contribution in [1.82, 2.24) is 4.57 Å². The van der Waals surface area contributed by atoms with Crippen LogP contribution in [-0.4, -0.2) is 34.6 Å². The monoisotopic (exact) mass is 598 g/mol. The van der Waals surface area contributed by atoms with Gasteiger partial charge >= 0.3 is 5.97 Å². The van der Waals surface area contributed by atoms with Gasteiger partial charge in [0.25, 0.3) is 5.91 Å². The van der Waals surface area contributed by atoms with Gasteiger partial charge in [-0.05, 0) is 73.7 Å². The number of aromatic nitrogens is 1. The van der Waals surface area contributed by atoms with Gasteiger partial charge in [-0.1, -0.05) is 62.4 Å². The summed E-state index contributed by atoms with van der Waals surface area (Å²) in [5.41, 5.74) is 5.39. The zero-order valence-electron chi connectivity index (χ0n) is 25.8. The number of nitrogens with one attached hydrogen (secondary N) is 1. The van der Waals surface area contributed by atoms with Crippen molar-refractivity contribution in [2.45, 2.75) is 78.1 Å². The standard InChI is InChI=1S/C36H39FN2O5/c1-23(2)33-32(35(41)38-28-14-10-7-11-15-28)31(25-12-8-6-9-13-25)34(26-16-18-27(37)19-17-26)39(33)21-20-29-22-30(42-24(3)40)44-36(4,5)43-29/h6-19,23,29-30H,20-22H2,1-5H3,(H,38,41). The zero-order valence-corrected chi connectivity index (χ0v) is 25.8. The van der Waals surface area contributed by atoms with E-state index in [1.54, 1.807) is 26.0 Å². The molecule has 1 fully saturated rings. The zero-order chi connectivity index (χ0) is 31.4. The summed E-state index contributed by atoms with van der Waals surface area (Å²) in [5.74, 6) is -1.97. The SMILES string of the molecule is CC(=O)OC1CC(CCn2c(-c3ccc(F)cc3)c(-c3ccccc3)c(C(=O)Nc3ccccc3)c2C(C)C)OC(C)(C)O1. The summed E-state index contributed by atoms with van der Waals surface area (Å²) in [4.78, 5) is 26.0. The Labute approximate surface area is 258 Å². The number of amides is 1. The molecule has 1 amide bonds. The quantitative estimate of drug-likeness (QED) is 0.197. The van der Waals surface area contributed by atoms with Crippen molar-refractivity contribution in [3.05, 3.63) is 102 Å². The summed E-state index contributed by atoms with van der Waals surface area (Å²) in [7, 11) is 0. The molecular weight excluding hydrogens is 559 g/mol. The number of hydrogen-bond donors (Lipinski definition) is 1.